The fourth-order valence-corrected chi connectivity index (χ4v) is 15.7. The van der Waals surface area contributed by atoms with Crippen molar-refractivity contribution in [2.24, 2.45) is 5.92 Å². The number of rotatable bonds is 90. The van der Waals surface area contributed by atoms with Crippen LogP contribution in [0.25, 0.3) is 0 Å². The first-order chi connectivity index (χ1) is 53.1. The molecule has 0 spiro atoms. The summed E-state index contributed by atoms with van der Waals surface area (Å²) >= 11 is 0. The van der Waals surface area contributed by atoms with Gasteiger partial charge in [0.1, 0.15) is 19.3 Å². The molecule has 0 radical (unpaired) electrons. The molecule has 17 nitrogen and oxygen atoms in total. The van der Waals surface area contributed by atoms with Gasteiger partial charge in [-0.25, -0.2) is 9.13 Å². The molecule has 0 saturated carbocycles. The maximum atomic E-state index is 13.2. The number of hydrogen-bond acceptors (Lipinski definition) is 15. The van der Waals surface area contributed by atoms with E-state index in [4.69, 9.17) is 37.0 Å². The highest BCUT2D eigenvalue weighted by molar-refractivity contribution is 7.47. The molecule has 0 bridgehead atoms. The molecule has 0 fully saturated rings. The Morgan fingerprint density at radius 2 is 0.440 bits per heavy atom. The van der Waals surface area contributed by atoms with Crippen molar-refractivity contribution < 1.29 is 80.2 Å². The van der Waals surface area contributed by atoms with Gasteiger partial charge in [0.05, 0.1) is 26.4 Å². The van der Waals surface area contributed by atoms with Gasteiger partial charge in [-0.05, 0) is 31.6 Å². The van der Waals surface area contributed by atoms with Gasteiger partial charge in [0.15, 0.2) is 12.2 Å². The van der Waals surface area contributed by atoms with E-state index in [1.165, 1.54) is 315 Å². The van der Waals surface area contributed by atoms with Crippen molar-refractivity contribution in [3.8, 4) is 0 Å². The van der Waals surface area contributed by atoms with E-state index in [1.807, 2.05) is 0 Å². The number of phosphoric acid groups is 2. The van der Waals surface area contributed by atoms with Gasteiger partial charge in [-0.2, -0.15) is 0 Å². The molecular formula is C90H176O17P2. The molecule has 3 N–H and O–H groups in total. The fourth-order valence-electron chi connectivity index (χ4n) is 14.1. The Labute approximate surface area is 670 Å². The lowest BCUT2D eigenvalue weighted by Crippen LogP contribution is -2.30. The monoisotopic (exact) mass is 1590 g/mol. The molecule has 0 saturated heterocycles. The second-order valence-electron chi connectivity index (χ2n) is 32.6. The van der Waals surface area contributed by atoms with E-state index in [2.05, 4.69) is 34.6 Å². The van der Waals surface area contributed by atoms with Crippen molar-refractivity contribution in [2.75, 3.05) is 39.6 Å². The molecule has 0 heterocycles. The summed E-state index contributed by atoms with van der Waals surface area (Å²) in [6, 6.07) is 0. The Morgan fingerprint density at radius 1 is 0.257 bits per heavy atom. The van der Waals surface area contributed by atoms with Crippen molar-refractivity contribution in [1.29, 1.82) is 0 Å². The first-order valence-corrected chi connectivity index (χ1v) is 49.7. The normalized spacial score (nSPS) is 13.9. The van der Waals surface area contributed by atoms with Gasteiger partial charge in [-0.3, -0.25) is 37.3 Å². The van der Waals surface area contributed by atoms with E-state index in [-0.39, 0.29) is 25.7 Å². The molecule has 0 aromatic rings. The average Bonchev–Trinajstić information content (AvgIpc) is 0.898. The van der Waals surface area contributed by atoms with E-state index in [0.717, 1.165) is 95.8 Å². The summed E-state index contributed by atoms with van der Waals surface area (Å²) in [6.07, 6.45) is 77.7. The van der Waals surface area contributed by atoms with Crippen molar-refractivity contribution in [1.82, 2.24) is 0 Å². The number of unbranched alkanes of at least 4 members (excludes halogenated alkanes) is 61. The summed E-state index contributed by atoms with van der Waals surface area (Å²) in [5, 5.41) is 10.7. The zero-order valence-electron chi connectivity index (χ0n) is 71.7. The number of carbonyl (C=O) groups is 4. The Bertz CT molecular complexity index is 2070. The highest BCUT2D eigenvalue weighted by Crippen LogP contribution is 2.45. The Balaban J connectivity index is 5.23. The fraction of sp³-hybridized carbons (Fsp3) is 0.956. The number of aliphatic hydroxyl groups excluding tert-OH is 1. The summed E-state index contributed by atoms with van der Waals surface area (Å²) in [7, 11) is -9.93. The minimum atomic E-state index is -4.97. The van der Waals surface area contributed by atoms with Crippen LogP contribution in [0.2, 0.25) is 0 Å². The zero-order chi connectivity index (χ0) is 79.7. The number of phosphoric ester groups is 2. The van der Waals surface area contributed by atoms with Crippen LogP contribution in [0.5, 0.6) is 0 Å². The highest BCUT2D eigenvalue weighted by Gasteiger charge is 2.31. The number of aliphatic hydroxyl groups is 1. The van der Waals surface area contributed by atoms with Crippen molar-refractivity contribution in [3.63, 3.8) is 0 Å². The SMILES string of the molecule is CCCCCCCCCCCCCCCCCCCCCCC(=O)OC[C@H](COP(=O)(O)OC[C@@H](O)COP(=O)(O)OC[C@@H](COC(=O)CCCCCCCCCCCCC)OC(=O)CCCCCCCCCCCCCCCCCC)OC(=O)CCCCCCCCCCCCCCCCCCCCC(C)CC. The van der Waals surface area contributed by atoms with Gasteiger partial charge >= 0.3 is 39.5 Å². The molecule has 3 unspecified atom stereocenters. The molecule has 648 valence electrons. The maximum absolute atomic E-state index is 13.2. The molecule has 0 aliphatic rings. The lowest BCUT2D eigenvalue weighted by molar-refractivity contribution is -0.161. The molecule has 109 heavy (non-hydrogen) atoms. The Morgan fingerprint density at radius 3 is 0.651 bits per heavy atom. The topological polar surface area (TPSA) is 237 Å². The molecule has 0 aliphatic heterocycles. The molecule has 6 atom stereocenters. The third-order valence-electron chi connectivity index (χ3n) is 21.6. The standard InChI is InChI=1S/C90H176O17P2/c1-6-10-13-16-19-22-25-27-29-31-32-33-37-41-44-49-54-59-64-69-74-88(93)101-80-86(107-90(95)76-71-66-61-56-51-46-42-38-35-34-36-39-43-48-52-57-62-67-72-83(5)9-4)82-105-109(98,99)103-78-84(91)77-102-108(96,97)104-81-85(79-100-87(92)73-68-63-58-53-47-24-21-18-15-12-8-3)106-89(94)75-70-65-60-55-50-45-40-30-28-26-23-20-17-14-11-7-2/h83-86,91H,6-82H2,1-5H3,(H,96,97)(H,98,99)/t83?,84-,85+,86+/m0/s1. The zero-order valence-corrected chi connectivity index (χ0v) is 73.5. The molecule has 0 amide bonds. The first kappa shape index (κ1) is 107. The summed E-state index contributed by atoms with van der Waals surface area (Å²) < 4.78 is 69.0. The Kier molecular flexibility index (Phi) is 81.1. The van der Waals surface area contributed by atoms with Gasteiger partial charge in [-0.15, -0.1) is 0 Å². The van der Waals surface area contributed by atoms with E-state index in [9.17, 15) is 43.2 Å². The summed E-state index contributed by atoms with van der Waals surface area (Å²) in [4.78, 5) is 73.4. The largest absolute Gasteiger partial charge is 0.472 e. The highest BCUT2D eigenvalue weighted by atomic mass is 31.2. The van der Waals surface area contributed by atoms with Crippen LogP contribution in [0.15, 0.2) is 0 Å². The Hall–Kier alpha value is -1.94. The van der Waals surface area contributed by atoms with Crippen LogP contribution in [-0.2, 0) is 65.4 Å². The van der Waals surface area contributed by atoms with Gasteiger partial charge in [0.2, 0.25) is 0 Å². The van der Waals surface area contributed by atoms with Crippen LogP contribution in [0.4, 0.5) is 0 Å². The molecule has 0 aliphatic carbocycles. The minimum Gasteiger partial charge on any atom is -0.462 e. The van der Waals surface area contributed by atoms with Crippen molar-refractivity contribution >= 4 is 39.5 Å². The average molecular weight is 1590 g/mol. The molecule has 0 aromatic heterocycles. The summed E-state index contributed by atoms with van der Waals surface area (Å²) in [5.41, 5.74) is 0. The smallest absolute Gasteiger partial charge is 0.462 e. The molecule has 19 heteroatoms. The third-order valence-corrected chi connectivity index (χ3v) is 23.5. The predicted molar refractivity (Wildman–Crippen MR) is 451 cm³/mol. The quantitative estimate of drug-likeness (QED) is 0.0222. The van der Waals surface area contributed by atoms with E-state index >= 15 is 0 Å². The summed E-state index contributed by atoms with van der Waals surface area (Å²) in [5.74, 6) is -1.22. The number of esters is 4. The minimum absolute atomic E-state index is 0.109. The molecule has 0 rings (SSSR count). The van der Waals surface area contributed by atoms with Crippen LogP contribution in [0, 0.1) is 5.92 Å². The molecular weight excluding hydrogens is 1410 g/mol. The van der Waals surface area contributed by atoms with Gasteiger partial charge in [0.25, 0.3) is 0 Å². The second-order valence-corrected chi connectivity index (χ2v) is 35.5. The van der Waals surface area contributed by atoms with Gasteiger partial charge in [-0.1, -0.05) is 439 Å². The van der Waals surface area contributed by atoms with Crippen LogP contribution >= 0.6 is 15.6 Å². The van der Waals surface area contributed by atoms with E-state index in [0.29, 0.717) is 25.7 Å². The van der Waals surface area contributed by atoms with Crippen molar-refractivity contribution in [2.45, 2.75) is 509 Å². The van der Waals surface area contributed by atoms with E-state index < -0.39 is 97.5 Å². The van der Waals surface area contributed by atoms with Crippen LogP contribution in [0.1, 0.15) is 490 Å². The number of hydrogen-bond donors (Lipinski definition) is 3. The van der Waals surface area contributed by atoms with Crippen LogP contribution < -0.4 is 0 Å². The lowest BCUT2D eigenvalue weighted by Gasteiger charge is -2.21. The second kappa shape index (κ2) is 82.6. The van der Waals surface area contributed by atoms with Gasteiger partial charge in [0, 0.05) is 25.7 Å². The van der Waals surface area contributed by atoms with Crippen molar-refractivity contribution in [3.05, 3.63) is 0 Å². The van der Waals surface area contributed by atoms with E-state index in [1.54, 1.807) is 0 Å². The van der Waals surface area contributed by atoms with Crippen LogP contribution in [0.3, 0.4) is 0 Å². The first-order valence-electron chi connectivity index (χ1n) is 46.7. The van der Waals surface area contributed by atoms with Crippen LogP contribution in [-0.4, -0.2) is 96.7 Å². The third kappa shape index (κ3) is 82.4. The predicted octanol–water partition coefficient (Wildman–Crippen LogP) is 27.9. The van der Waals surface area contributed by atoms with Gasteiger partial charge < -0.3 is 33.8 Å². The lowest BCUT2D eigenvalue weighted by atomic mass is 9.99. The summed E-state index contributed by atoms with van der Waals surface area (Å²) in [6.45, 7) is 7.46. The maximum Gasteiger partial charge on any atom is 0.472 e. The number of ether oxygens (including phenoxy) is 4. The number of carbonyl (C=O) groups excluding carboxylic acids is 4. The molecule has 0 aromatic carbocycles.